The van der Waals surface area contributed by atoms with Gasteiger partial charge in [-0.1, -0.05) is 54.6 Å². The molecule has 1 aliphatic carbocycles. The second-order valence-electron chi connectivity index (χ2n) is 10.1. The first-order valence-electron chi connectivity index (χ1n) is 12.6. The van der Waals surface area contributed by atoms with Crippen molar-refractivity contribution < 1.29 is 14.3 Å². The topological polar surface area (TPSA) is 120 Å². The molecule has 0 radical (unpaired) electrons. The van der Waals surface area contributed by atoms with Gasteiger partial charge in [-0.25, -0.2) is 4.39 Å². The van der Waals surface area contributed by atoms with Gasteiger partial charge < -0.3 is 16.2 Å². The highest BCUT2D eigenvalue weighted by Gasteiger charge is 2.47. The van der Waals surface area contributed by atoms with Crippen LogP contribution in [0.2, 0.25) is 0 Å². The lowest BCUT2D eigenvalue weighted by Gasteiger charge is -2.43. The standard InChI is InChI=1S/C28H31FN6O2/c29-24-18-34(16-19-6-8-21(9-7-19)20-4-2-1-3-5-20)15-13-28(24,12-14-30)35-17-23(25(31)36)26(33-35)32-27(37)22-10-11-22/h1-9,17,22,24,27,37H,10-13,15-16,18H2,(H2,31,36)(H,32,33)/t24-,27?,28+/m1/s1. The Morgan fingerprint density at radius 1 is 1.22 bits per heavy atom. The molecule has 2 aliphatic rings. The lowest BCUT2D eigenvalue weighted by Crippen LogP contribution is -2.54. The van der Waals surface area contributed by atoms with Gasteiger partial charge in [0.15, 0.2) is 5.82 Å². The molecule has 1 saturated carbocycles. The van der Waals surface area contributed by atoms with E-state index in [1.54, 1.807) is 0 Å². The Morgan fingerprint density at radius 3 is 2.54 bits per heavy atom. The molecule has 4 N–H and O–H groups in total. The number of anilines is 1. The number of likely N-dealkylation sites (tertiary alicyclic amines) is 1. The Labute approximate surface area is 215 Å². The highest BCUT2D eigenvalue weighted by Crippen LogP contribution is 2.38. The van der Waals surface area contributed by atoms with Crippen LogP contribution in [0.4, 0.5) is 10.2 Å². The smallest absolute Gasteiger partial charge is 0.254 e. The maximum atomic E-state index is 15.9. The Kier molecular flexibility index (Phi) is 6.96. The van der Waals surface area contributed by atoms with Crippen LogP contribution in [0, 0.1) is 17.2 Å². The first-order chi connectivity index (χ1) is 17.9. The molecule has 0 bridgehead atoms. The molecule has 37 heavy (non-hydrogen) atoms. The van der Waals surface area contributed by atoms with Crippen LogP contribution >= 0.6 is 0 Å². The fourth-order valence-corrected chi connectivity index (χ4v) is 5.07. The number of nitrogens with one attached hydrogen (secondary N) is 1. The van der Waals surface area contributed by atoms with Crippen LogP contribution in [0.3, 0.4) is 0 Å². The molecular formula is C28H31FN6O2. The number of nitrogens with two attached hydrogens (primary N) is 1. The number of primary amides is 1. The minimum atomic E-state index is -1.40. The molecule has 3 atom stereocenters. The van der Waals surface area contributed by atoms with Crippen LogP contribution in [0.25, 0.3) is 11.1 Å². The number of nitriles is 1. The summed E-state index contributed by atoms with van der Waals surface area (Å²) in [6.45, 7) is 1.27. The lowest BCUT2D eigenvalue weighted by molar-refractivity contribution is 0.00689. The van der Waals surface area contributed by atoms with Gasteiger partial charge in [0.25, 0.3) is 5.91 Å². The number of aliphatic hydroxyl groups excluding tert-OH is 1. The minimum absolute atomic E-state index is 0.0742. The molecule has 1 aromatic heterocycles. The van der Waals surface area contributed by atoms with Crippen LogP contribution in [-0.2, 0) is 12.1 Å². The van der Waals surface area contributed by atoms with E-state index in [1.807, 2.05) is 23.1 Å². The van der Waals surface area contributed by atoms with Gasteiger partial charge >= 0.3 is 0 Å². The Balaban J connectivity index is 1.31. The summed E-state index contributed by atoms with van der Waals surface area (Å²) in [5.74, 6) is -0.508. The zero-order chi connectivity index (χ0) is 26.0. The monoisotopic (exact) mass is 502 g/mol. The highest BCUT2D eigenvalue weighted by atomic mass is 19.1. The average molecular weight is 503 g/mol. The number of carbonyl (C=O) groups is 1. The van der Waals surface area contributed by atoms with Crippen LogP contribution in [0.15, 0.2) is 60.8 Å². The number of hydrogen-bond acceptors (Lipinski definition) is 6. The molecule has 2 fully saturated rings. The fourth-order valence-electron chi connectivity index (χ4n) is 5.07. The summed E-state index contributed by atoms with van der Waals surface area (Å²) in [7, 11) is 0. The third-order valence-corrected chi connectivity index (χ3v) is 7.50. The van der Waals surface area contributed by atoms with E-state index in [1.165, 1.54) is 10.9 Å². The van der Waals surface area contributed by atoms with Crippen molar-refractivity contribution in [2.45, 2.75) is 50.2 Å². The van der Waals surface area contributed by atoms with Gasteiger partial charge in [0.2, 0.25) is 0 Å². The van der Waals surface area contributed by atoms with E-state index >= 15 is 4.39 Å². The number of alkyl halides is 1. The van der Waals surface area contributed by atoms with E-state index in [0.29, 0.717) is 19.5 Å². The van der Waals surface area contributed by atoms with Gasteiger partial charge in [-0.05, 0) is 36.0 Å². The number of piperidine rings is 1. The van der Waals surface area contributed by atoms with Crippen molar-refractivity contribution in [3.63, 3.8) is 0 Å². The summed E-state index contributed by atoms with van der Waals surface area (Å²) in [4.78, 5) is 14.1. The van der Waals surface area contributed by atoms with Crippen molar-refractivity contribution in [2.75, 3.05) is 18.4 Å². The second-order valence-corrected chi connectivity index (χ2v) is 10.1. The molecule has 1 unspecified atom stereocenters. The lowest BCUT2D eigenvalue weighted by atomic mass is 9.83. The molecule has 1 amide bonds. The van der Waals surface area contributed by atoms with Crippen molar-refractivity contribution in [1.29, 1.82) is 5.26 Å². The summed E-state index contributed by atoms with van der Waals surface area (Å²) in [6, 6.07) is 20.5. The molecule has 3 aromatic rings. The summed E-state index contributed by atoms with van der Waals surface area (Å²) >= 11 is 0. The maximum absolute atomic E-state index is 15.9. The molecule has 9 heteroatoms. The Morgan fingerprint density at radius 2 is 1.92 bits per heavy atom. The van der Waals surface area contributed by atoms with E-state index in [0.717, 1.165) is 29.5 Å². The number of benzene rings is 2. The van der Waals surface area contributed by atoms with Crippen molar-refractivity contribution in [3.8, 4) is 17.2 Å². The fraction of sp³-hybridized carbons (Fsp3) is 0.393. The van der Waals surface area contributed by atoms with Crippen LogP contribution in [0.5, 0.6) is 0 Å². The predicted octanol–water partition coefficient (Wildman–Crippen LogP) is 3.64. The Bertz CT molecular complexity index is 1280. The van der Waals surface area contributed by atoms with Gasteiger partial charge in [0, 0.05) is 31.7 Å². The van der Waals surface area contributed by atoms with Gasteiger partial charge in [-0.3, -0.25) is 14.4 Å². The summed E-state index contributed by atoms with van der Waals surface area (Å²) < 4.78 is 17.3. The zero-order valence-electron chi connectivity index (χ0n) is 20.6. The zero-order valence-corrected chi connectivity index (χ0v) is 20.6. The van der Waals surface area contributed by atoms with Crippen LogP contribution in [-0.4, -0.2) is 51.2 Å². The largest absolute Gasteiger partial charge is 0.373 e. The number of carbonyl (C=O) groups excluding carboxylic acids is 1. The highest BCUT2D eigenvalue weighted by molar-refractivity contribution is 5.97. The van der Waals surface area contributed by atoms with E-state index in [-0.39, 0.29) is 30.3 Å². The van der Waals surface area contributed by atoms with Gasteiger partial charge in [0.05, 0.1) is 12.5 Å². The normalized spacial score (nSPS) is 22.8. The second kappa shape index (κ2) is 10.3. The molecule has 2 heterocycles. The molecule has 8 nitrogen and oxygen atoms in total. The van der Waals surface area contributed by atoms with Crippen molar-refractivity contribution in [2.24, 2.45) is 11.7 Å². The number of amides is 1. The first kappa shape index (κ1) is 24.9. The molecule has 5 rings (SSSR count). The molecule has 0 spiro atoms. The third-order valence-electron chi connectivity index (χ3n) is 7.50. The summed E-state index contributed by atoms with van der Waals surface area (Å²) in [6.07, 6.45) is 1.17. The van der Waals surface area contributed by atoms with Crippen molar-refractivity contribution in [3.05, 3.63) is 71.9 Å². The first-order valence-corrected chi connectivity index (χ1v) is 12.6. The Hall–Kier alpha value is -3.74. The average Bonchev–Trinajstić information content (AvgIpc) is 3.67. The van der Waals surface area contributed by atoms with Gasteiger partial charge in [0.1, 0.15) is 23.5 Å². The van der Waals surface area contributed by atoms with E-state index < -0.39 is 23.8 Å². The number of aliphatic hydroxyl groups is 1. The maximum Gasteiger partial charge on any atom is 0.254 e. The molecule has 192 valence electrons. The van der Waals surface area contributed by atoms with E-state index in [2.05, 4.69) is 52.9 Å². The number of hydrogen-bond donors (Lipinski definition) is 3. The SMILES string of the molecule is N#CC[C@]1(n2cc(C(N)=O)c(NC(O)C3CC3)n2)CCN(Cc2ccc(-c3ccccc3)cc2)C[C@H]1F. The molecular weight excluding hydrogens is 471 g/mol. The van der Waals surface area contributed by atoms with Crippen molar-refractivity contribution >= 4 is 11.7 Å². The van der Waals surface area contributed by atoms with E-state index in [4.69, 9.17) is 5.73 Å². The quantitative estimate of drug-likeness (QED) is 0.384. The predicted molar refractivity (Wildman–Crippen MR) is 138 cm³/mol. The summed E-state index contributed by atoms with van der Waals surface area (Å²) in [5, 5.41) is 27.2. The van der Waals surface area contributed by atoms with Gasteiger partial charge in [-0.2, -0.15) is 10.4 Å². The van der Waals surface area contributed by atoms with E-state index in [9.17, 15) is 15.2 Å². The minimum Gasteiger partial charge on any atom is -0.373 e. The van der Waals surface area contributed by atoms with Crippen LogP contribution in [0.1, 0.15) is 41.6 Å². The molecule has 1 aliphatic heterocycles. The van der Waals surface area contributed by atoms with Crippen LogP contribution < -0.4 is 11.1 Å². The van der Waals surface area contributed by atoms with Gasteiger partial charge in [-0.15, -0.1) is 0 Å². The van der Waals surface area contributed by atoms with Crippen molar-refractivity contribution in [1.82, 2.24) is 14.7 Å². The number of aromatic nitrogens is 2. The number of nitrogens with zero attached hydrogens (tertiary/aromatic N) is 4. The number of halogens is 1. The third kappa shape index (κ3) is 5.22. The number of rotatable bonds is 9. The molecule has 2 aromatic carbocycles. The molecule has 1 saturated heterocycles. The summed E-state index contributed by atoms with van der Waals surface area (Å²) in [5.41, 5.74) is 7.75.